The Bertz CT molecular complexity index is 1060. The van der Waals surface area contributed by atoms with Crippen LogP contribution in [-0.4, -0.2) is 39.0 Å². The van der Waals surface area contributed by atoms with Gasteiger partial charge in [0.05, 0.1) is 24.2 Å². The summed E-state index contributed by atoms with van der Waals surface area (Å²) in [5.41, 5.74) is 2.60. The van der Waals surface area contributed by atoms with Crippen molar-refractivity contribution in [3.05, 3.63) is 78.2 Å². The lowest BCUT2D eigenvalue weighted by molar-refractivity contribution is 0.0867. The van der Waals surface area contributed by atoms with E-state index >= 15 is 0 Å². The summed E-state index contributed by atoms with van der Waals surface area (Å²) < 4.78 is 0. The number of carbonyl (C=O) groups is 2. The monoisotopic (exact) mass is 416 g/mol. The molecule has 3 N–H and O–H groups in total. The van der Waals surface area contributed by atoms with Gasteiger partial charge in [-0.05, 0) is 49.9 Å². The smallest absolute Gasteiger partial charge is 0.275 e. The third-order valence-corrected chi connectivity index (χ3v) is 5.35. The van der Waals surface area contributed by atoms with Crippen LogP contribution >= 0.6 is 0 Å². The molecule has 7 nitrogen and oxygen atoms in total. The zero-order chi connectivity index (χ0) is 21.6. The van der Waals surface area contributed by atoms with Crippen molar-refractivity contribution in [3.8, 4) is 11.3 Å². The molecule has 2 amide bonds. The van der Waals surface area contributed by atoms with E-state index in [1.165, 1.54) is 6.20 Å². The Morgan fingerprint density at radius 2 is 1.68 bits per heavy atom. The zero-order valence-corrected chi connectivity index (χ0v) is 17.0. The van der Waals surface area contributed by atoms with E-state index < -0.39 is 0 Å². The lowest BCUT2D eigenvalue weighted by atomic mass is 9.93. The summed E-state index contributed by atoms with van der Waals surface area (Å²) in [6.45, 7) is 0. The molecule has 1 saturated carbocycles. The van der Waals surface area contributed by atoms with E-state index in [0.717, 1.165) is 12.8 Å². The van der Waals surface area contributed by atoms with Crippen LogP contribution in [0.1, 0.15) is 46.5 Å². The van der Waals surface area contributed by atoms with Gasteiger partial charge < -0.3 is 15.7 Å². The van der Waals surface area contributed by atoms with Crippen LogP contribution in [0.3, 0.4) is 0 Å². The summed E-state index contributed by atoms with van der Waals surface area (Å²) in [7, 11) is 0. The van der Waals surface area contributed by atoms with Crippen LogP contribution in [0.25, 0.3) is 11.3 Å². The molecule has 0 bridgehead atoms. The van der Waals surface area contributed by atoms with Gasteiger partial charge in [0.1, 0.15) is 5.69 Å². The summed E-state index contributed by atoms with van der Waals surface area (Å²) in [4.78, 5) is 33.8. The standard InChI is InChI=1S/C24H24N4O3/c29-20-11-9-19(10-12-20)26-23(30)17-6-4-5-16(13-17)21-14-25-15-22(28-21)24(31)27-18-7-2-1-3-8-18/h1-8,13-15,19-20,29H,9-12H2,(H,26,30)(H,27,31)/t19-,20-. The summed E-state index contributed by atoms with van der Waals surface area (Å²) >= 11 is 0. The number of amides is 2. The molecule has 0 radical (unpaired) electrons. The van der Waals surface area contributed by atoms with E-state index in [4.69, 9.17) is 0 Å². The van der Waals surface area contributed by atoms with Crippen molar-refractivity contribution < 1.29 is 14.7 Å². The Hall–Kier alpha value is -3.58. The molecule has 1 aliphatic rings. The van der Waals surface area contributed by atoms with Crippen molar-refractivity contribution in [2.45, 2.75) is 37.8 Å². The Balaban J connectivity index is 1.48. The Morgan fingerprint density at radius 3 is 2.45 bits per heavy atom. The van der Waals surface area contributed by atoms with Crippen LogP contribution in [0.5, 0.6) is 0 Å². The molecule has 0 spiro atoms. The lowest BCUT2D eigenvalue weighted by Crippen LogP contribution is -2.38. The molecule has 158 valence electrons. The third kappa shape index (κ3) is 5.32. The highest BCUT2D eigenvalue weighted by Gasteiger charge is 2.21. The second-order valence-electron chi connectivity index (χ2n) is 7.67. The quantitative estimate of drug-likeness (QED) is 0.591. The van der Waals surface area contributed by atoms with Gasteiger partial charge in [-0.15, -0.1) is 0 Å². The van der Waals surface area contributed by atoms with Crippen LogP contribution in [0.4, 0.5) is 5.69 Å². The first-order valence-electron chi connectivity index (χ1n) is 10.4. The van der Waals surface area contributed by atoms with Crippen molar-refractivity contribution in [2.24, 2.45) is 0 Å². The average molecular weight is 416 g/mol. The minimum atomic E-state index is -0.353. The molecule has 7 heteroatoms. The van der Waals surface area contributed by atoms with Crippen LogP contribution in [0.2, 0.25) is 0 Å². The minimum absolute atomic E-state index is 0.0735. The molecular formula is C24H24N4O3. The second kappa shape index (κ2) is 9.49. The first-order chi connectivity index (χ1) is 15.1. The number of anilines is 1. The van der Waals surface area contributed by atoms with E-state index in [0.29, 0.717) is 35.3 Å². The van der Waals surface area contributed by atoms with Gasteiger partial charge >= 0.3 is 0 Å². The Labute approximate surface area is 180 Å². The largest absolute Gasteiger partial charge is 0.393 e. The highest BCUT2D eigenvalue weighted by molar-refractivity contribution is 6.03. The van der Waals surface area contributed by atoms with E-state index in [1.54, 1.807) is 36.5 Å². The maximum atomic E-state index is 12.7. The number of aromatic nitrogens is 2. The van der Waals surface area contributed by atoms with Crippen LogP contribution in [0.15, 0.2) is 67.0 Å². The van der Waals surface area contributed by atoms with Gasteiger partial charge in [-0.2, -0.15) is 0 Å². The third-order valence-electron chi connectivity index (χ3n) is 5.35. The Kier molecular flexibility index (Phi) is 6.33. The van der Waals surface area contributed by atoms with Crippen molar-refractivity contribution in [1.82, 2.24) is 15.3 Å². The van der Waals surface area contributed by atoms with Gasteiger partial charge in [-0.1, -0.05) is 30.3 Å². The number of nitrogens with zero attached hydrogens (tertiary/aromatic N) is 2. The number of hydrogen-bond acceptors (Lipinski definition) is 5. The van der Waals surface area contributed by atoms with Gasteiger partial charge in [-0.25, -0.2) is 4.98 Å². The summed E-state index contributed by atoms with van der Waals surface area (Å²) in [5, 5.41) is 15.5. The topological polar surface area (TPSA) is 104 Å². The molecule has 0 saturated heterocycles. The average Bonchev–Trinajstić information content (AvgIpc) is 2.81. The van der Waals surface area contributed by atoms with Gasteiger partial charge in [0.2, 0.25) is 0 Å². The first kappa shape index (κ1) is 20.7. The van der Waals surface area contributed by atoms with Crippen LogP contribution in [-0.2, 0) is 0 Å². The maximum Gasteiger partial charge on any atom is 0.275 e. The molecule has 0 aliphatic heterocycles. The fourth-order valence-electron chi connectivity index (χ4n) is 3.64. The fourth-order valence-corrected chi connectivity index (χ4v) is 3.64. The molecular weight excluding hydrogens is 392 g/mol. The summed E-state index contributed by atoms with van der Waals surface area (Å²) in [6, 6.07) is 16.3. The lowest BCUT2D eigenvalue weighted by Gasteiger charge is -2.26. The van der Waals surface area contributed by atoms with Gasteiger partial charge in [0.15, 0.2) is 0 Å². The molecule has 31 heavy (non-hydrogen) atoms. The number of aliphatic hydroxyl groups is 1. The van der Waals surface area contributed by atoms with Crippen molar-refractivity contribution in [1.29, 1.82) is 0 Å². The molecule has 0 atom stereocenters. The SMILES string of the molecule is O=C(N[C@H]1CC[C@H](O)CC1)c1cccc(-c2cncc(C(=O)Nc3ccccc3)n2)c1. The molecule has 3 aromatic rings. The highest BCUT2D eigenvalue weighted by Crippen LogP contribution is 2.21. The van der Waals surface area contributed by atoms with Gasteiger partial charge in [0.25, 0.3) is 11.8 Å². The normalized spacial score (nSPS) is 18.2. The number of rotatable bonds is 5. The predicted octanol–water partition coefficient (Wildman–Crippen LogP) is 3.43. The van der Waals surface area contributed by atoms with Gasteiger partial charge in [0, 0.05) is 22.9 Å². The zero-order valence-electron chi connectivity index (χ0n) is 17.0. The molecule has 1 fully saturated rings. The Morgan fingerprint density at radius 1 is 0.903 bits per heavy atom. The number of hydrogen-bond donors (Lipinski definition) is 3. The van der Waals surface area contributed by atoms with Gasteiger partial charge in [-0.3, -0.25) is 14.6 Å². The number of nitrogens with one attached hydrogen (secondary N) is 2. The highest BCUT2D eigenvalue weighted by atomic mass is 16.3. The van der Waals surface area contributed by atoms with Crippen molar-refractivity contribution >= 4 is 17.5 Å². The molecule has 1 heterocycles. The van der Waals surface area contributed by atoms with Crippen molar-refractivity contribution in [2.75, 3.05) is 5.32 Å². The molecule has 1 aromatic heterocycles. The summed E-state index contributed by atoms with van der Waals surface area (Å²) in [5.74, 6) is -0.511. The summed E-state index contributed by atoms with van der Waals surface area (Å²) in [6.07, 6.45) is 5.68. The van der Waals surface area contributed by atoms with Crippen molar-refractivity contribution in [3.63, 3.8) is 0 Å². The predicted molar refractivity (Wildman–Crippen MR) is 118 cm³/mol. The molecule has 1 aliphatic carbocycles. The number of aliphatic hydroxyl groups excluding tert-OH is 1. The molecule has 0 unspecified atom stereocenters. The fraction of sp³-hybridized carbons (Fsp3) is 0.250. The first-order valence-corrected chi connectivity index (χ1v) is 10.4. The van der Waals surface area contributed by atoms with Crippen LogP contribution < -0.4 is 10.6 Å². The number of benzene rings is 2. The van der Waals surface area contributed by atoms with E-state index in [1.807, 2.05) is 24.3 Å². The molecule has 4 rings (SSSR count). The maximum absolute atomic E-state index is 12.7. The number of para-hydroxylation sites is 1. The minimum Gasteiger partial charge on any atom is -0.393 e. The van der Waals surface area contributed by atoms with E-state index in [2.05, 4.69) is 20.6 Å². The molecule has 2 aromatic carbocycles. The van der Waals surface area contributed by atoms with Crippen LogP contribution in [0, 0.1) is 0 Å². The second-order valence-corrected chi connectivity index (χ2v) is 7.67. The van der Waals surface area contributed by atoms with E-state index in [9.17, 15) is 14.7 Å². The van der Waals surface area contributed by atoms with E-state index in [-0.39, 0.29) is 29.7 Å². The number of carbonyl (C=O) groups excluding carboxylic acids is 2.